The van der Waals surface area contributed by atoms with E-state index in [1.807, 2.05) is 32.0 Å². The Hall–Kier alpha value is -1.35. The molecule has 21 heavy (non-hydrogen) atoms. The van der Waals surface area contributed by atoms with Gasteiger partial charge in [0.05, 0.1) is 6.54 Å². The minimum Gasteiger partial charge on any atom is -0.324 e. The maximum absolute atomic E-state index is 12.0. The van der Waals surface area contributed by atoms with Crippen molar-refractivity contribution in [3.8, 4) is 0 Å². The zero-order valence-corrected chi connectivity index (χ0v) is 14.0. The number of nitrogens with one attached hydrogen (secondary N) is 2. The summed E-state index contributed by atoms with van der Waals surface area (Å²) in [6, 6.07) is 6.45. The number of aryl methyl sites for hydroxylation is 2. The predicted octanol–water partition coefficient (Wildman–Crippen LogP) is 4.19. The van der Waals surface area contributed by atoms with Gasteiger partial charge >= 0.3 is 0 Å². The third kappa shape index (κ3) is 6.76. The second-order valence-corrected chi connectivity index (χ2v) is 5.95. The second-order valence-electron chi connectivity index (χ2n) is 5.95. The van der Waals surface area contributed by atoms with Crippen LogP contribution >= 0.6 is 0 Å². The van der Waals surface area contributed by atoms with Crippen molar-refractivity contribution in [2.75, 3.05) is 11.9 Å². The third-order valence-corrected chi connectivity index (χ3v) is 3.85. The summed E-state index contributed by atoms with van der Waals surface area (Å²) in [6.07, 6.45) is 6.23. The van der Waals surface area contributed by atoms with Crippen molar-refractivity contribution < 1.29 is 4.79 Å². The molecule has 0 radical (unpaired) electrons. The smallest absolute Gasteiger partial charge is 0.238 e. The van der Waals surface area contributed by atoms with Gasteiger partial charge in [0.25, 0.3) is 0 Å². The molecule has 0 bridgehead atoms. The van der Waals surface area contributed by atoms with Gasteiger partial charge in [0.2, 0.25) is 5.91 Å². The van der Waals surface area contributed by atoms with Crippen molar-refractivity contribution >= 4 is 11.6 Å². The summed E-state index contributed by atoms with van der Waals surface area (Å²) in [7, 11) is 0. The monoisotopic (exact) mass is 290 g/mol. The molecule has 0 aliphatic carbocycles. The van der Waals surface area contributed by atoms with Gasteiger partial charge in [-0.05, 0) is 38.3 Å². The SMILES string of the molecule is CCCCCC[C@H](C)NCC(=O)Nc1c(C)cccc1C. The number of carbonyl (C=O) groups is 1. The quantitative estimate of drug-likeness (QED) is 0.670. The maximum Gasteiger partial charge on any atom is 0.238 e. The van der Waals surface area contributed by atoms with E-state index in [4.69, 9.17) is 0 Å². The molecule has 118 valence electrons. The number of para-hydroxylation sites is 1. The number of hydrogen-bond acceptors (Lipinski definition) is 2. The Morgan fingerprint density at radius 1 is 1.14 bits per heavy atom. The summed E-state index contributed by atoms with van der Waals surface area (Å²) in [6.45, 7) is 8.79. The van der Waals surface area contributed by atoms with Crippen LogP contribution in [0.2, 0.25) is 0 Å². The Morgan fingerprint density at radius 3 is 2.43 bits per heavy atom. The van der Waals surface area contributed by atoms with Crippen LogP contribution in [0, 0.1) is 13.8 Å². The molecule has 1 rings (SSSR count). The number of rotatable bonds is 9. The summed E-state index contributed by atoms with van der Waals surface area (Å²) >= 11 is 0. The van der Waals surface area contributed by atoms with Gasteiger partial charge in [-0.25, -0.2) is 0 Å². The normalized spacial score (nSPS) is 12.2. The first kappa shape index (κ1) is 17.7. The van der Waals surface area contributed by atoms with Crippen LogP contribution in [0.1, 0.15) is 57.1 Å². The highest BCUT2D eigenvalue weighted by atomic mass is 16.1. The molecule has 0 saturated carbocycles. The lowest BCUT2D eigenvalue weighted by molar-refractivity contribution is -0.115. The first-order chi connectivity index (χ1) is 10.0. The fourth-order valence-electron chi connectivity index (χ4n) is 2.44. The molecule has 0 unspecified atom stereocenters. The van der Waals surface area contributed by atoms with Gasteiger partial charge in [0, 0.05) is 11.7 Å². The number of benzene rings is 1. The van der Waals surface area contributed by atoms with Gasteiger partial charge in [0.1, 0.15) is 0 Å². The van der Waals surface area contributed by atoms with Crippen LogP contribution in [0.3, 0.4) is 0 Å². The van der Waals surface area contributed by atoms with Crippen molar-refractivity contribution in [3.05, 3.63) is 29.3 Å². The highest BCUT2D eigenvalue weighted by Crippen LogP contribution is 2.19. The van der Waals surface area contributed by atoms with Crippen LogP contribution in [-0.2, 0) is 4.79 Å². The largest absolute Gasteiger partial charge is 0.324 e. The van der Waals surface area contributed by atoms with Crippen molar-refractivity contribution in [1.29, 1.82) is 0 Å². The molecule has 1 atom stereocenters. The molecule has 1 aromatic rings. The fourth-order valence-corrected chi connectivity index (χ4v) is 2.44. The molecule has 3 nitrogen and oxygen atoms in total. The van der Waals surface area contributed by atoms with E-state index in [0.29, 0.717) is 12.6 Å². The number of unbranched alkanes of at least 4 members (excludes halogenated alkanes) is 3. The van der Waals surface area contributed by atoms with Crippen LogP contribution in [0.15, 0.2) is 18.2 Å². The Balaban J connectivity index is 2.31. The average Bonchev–Trinajstić information content (AvgIpc) is 2.45. The zero-order valence-electron chi connectivity index (χ0n) is 14.0. The van der Waals surface area contributed by atoms with Crippen molar-refractivity contribution in [3.63, 3.8) is 0 Å². The minimum atomic E-state index is 0.0350. The topological polar surface area (TPSA) is 41.1 Å². The summed E-state index contributed by atoms with van der Waals surface area (Å²) < 4.78 is 0. The van der Waals surface area contributed by atoms with E-state index in [1.54, 1.807) is 0 Å². The number of amides is 1. The molecular formula is C18H30N2O. The molecular weight excluding hydrogens is 260 g/mol. The fraction of sp³-hybridized carbons (Fsp3) is 0.611. The van der Waals surface area contributed by atoms with Crippen LogP contribution in [-0.4, -0.2) is 18.5 Å². The second kappa shape index (κ2) is 9.56. The Morgan fingerprint density at radius 2 is 1.81 bits per heavy atom. The van der Waals surface area contributed by atoms with Gasteiger partial charge in [-0.1, -0.05) is 50.8 Å². The van der Waals surface area contributed by atoms with Crippen molar-refractivity contribution in [2.24, 2.45) is 0 Å². The lowest BCUT2D eigenvalue weighted by Gasteiger charge is -2.15. The summed E-state index contributed by atoms with van der Waals surface area (Å²) in [5, 5.41) is 6.32. The molecule has 3 heteroatoms. The van der Waals surface area contributed by atoms with Crippen molar-refractivity contribution in [1.82, 2.24) is 5.32 Å². The van der Waals surface area contributed by atoms with E-state index in [1.165, 1.54) is 25.7 Å². The van der Waals surface area contributed by atoms with E-state index in [9.17, 15) is 4.79 Å². The molecule has 1 aromatic carbocycles. The summed E-state index contributed by atoms with van der Waals surface area (Å²) in [4.78, 5) is 12.0. The van der Waals surface area contributed by atoms with Gasteiger partial charge in [-0.3, -0.25) is 4.79 Å². The highest BCUT2D eigenvalue weighted by molar-refractivity contribution is 5.93. The summed E-state index contributed by atoms with van der Waals surface area (Å²) in [5.74, 6) is 0.0350. The van der Waals surface area contributed by atoms with E-state index < -0.39 is 0 Å². The Kier molecular flexibility index (Phi) is 8.06. The first-order valence-electron chi connectivity index (χ1n) is 8.14. The average molecular weight is 290 g/mol. The Labute approximate surface area is 129 Å². The lowest BCUT2D eigenvalue weighted by Crippen LogP contribution is -2.34. The summed E-state index contributed by atoms with van der Waals surface area (Å²) in [5.41, 5.74) is 3.16. The van der Waals surface area contributed by atoms with E-state index in [2.05, 4.69) is 24.5 Å². The maximum atomic E-state index is 12.0. The Bertz CT molecular complexity index is 423. The highest BCUT2D eigenvalue weighted by Gasteiger charge is 2.08. The predicted molar refractivity (Wildman–Crippen MR) is 90.8 cm³/mol. The van der Waals surface area contributed by atoms with Crippen LogP contribution < -0.4 is 10.6 Å². The third-order valence-electron chi connectivity index (χ3n) is 3.85. The van der Waals surface area contributed by atoms with Gasteiger partial charge in [0.15, 0.2) is 0 Å². The number of anilines is 1. The van der Waals surface area contributed by atoms with E-state index in [0.717, 1.165) is 23.2 Å². The molecule has 2 N–H and O–H groups in total. The van der Waals surface area contributed by atoms with E-state index >= 15 is 0 Å². The molecule has 0 fully saturated rings. The molecule has 0 heterocycles. The minimum absolute atomic E-state index is 0.0350. The number of hydrogen-bond donors (Lipinski definition) is 2. The molecule has 0 aliphatic rings. The lowest BCUT2D eigenvalue weighted by atomic mass is 10.1. The zero-order chi connectivity index (χ0) is 15.7. The van der Waals surface area contributed by atoms with Crippen molar-refractivity contribution in [2.45, 2.75) is 65.8 Å². The first-order valence-corrected chi connectivity index (χ1v) is 8.14. The molecule has 1 amide bonds. The number of carbonyl (C=O) groups excluding carboxylic acids is 1. The standard InChI is InChI=1S/C18H30N2O/c1-5-6-7-8-12-16(4)19-13-17(21)20-18-14(2)10-9-11-15(18)3/h9-11,16,19H,5-8,12-13H2,1-4H3,(H,20,21)/t16-/m0/s1. The van der Waals surface area contributed by atoms with Crippen LogP contribution in [0.5, 0.6) is 0 Å². The molecule has 0 aliphatic heterocycles. The van der Waals surface area contributed by atoms with Gasteiger partial charge < -0.3 is 10.6 Å². The van der Waals surface area contributed by atoms with E-state index in [-0.39, 0.29) is 5.91 Å². The molecule has 0 spiro atoms. The van der Waals surface area contributed by atoms with Gasteiger partial charge in [-0.2, -0.15) is 0 Å². The van der Waals surface area contributed by atoms with Crippen LogP contribution in [0.25, 0.3) is 0 Å². The van der Waals surface area contributed by atoms with Crippen LogP contribution in [0.4, 0.5) is 5.69 Å². The molecule has 0 saturated heterocycles. The van der Waals surface area contributed by atoms with Gasteiger partial charge in [-0.15, -0.1) is 0 Å². The molecule has 0 aromatic heterocycles.